The summed E-state index contributed by atoms with van der Waals surface area (Å²) in [4.78, 5) is 11.4. The average molecular weight is 324 g/mol. The molecule has 0 aliphatic heterocycles. The molecule has 0 spiro atoms. The summed E-state index contributed by atoms with van der Waals surface area (Å²) in [6, 6.07) is 9.72. The molecule has 2 N–H and O–H groups in total. The first kappa shape index (κ1) is 15.8. The Morgan fingerprint density at radius 3 is 2.32 bits per heavy atom. The second-order valence-corrected chi connectivity index (χ2v) is 5.59. The fourth-order valence-electron chi connectivity index (χ4n) is 1.72. The summed E-state index contributed by atoms with van der Waals surface area (Å²) >= 11 is 0. The Morgan fingerprint density at radius 2 is 1.77 bits per heavy atom. The Labute approximate surface area is 126 Å². The molecule has 0 aliphatic carbocycles. The SMILES string of the molecule is COc1cc(O)c(C(=O)Oc2ccccc2)cc1S(=O)(=O)O. The van der Waals surface area contributed by atoms with Crippen molar-refractivity contribution in [1.82, 2.24) is 0 Å². The molecule has 0 aliphatic rings. The quantitative estimate of drug-likeness (QED) is 0.502. The van der Waals surface area contributed by atoms with Crippen LogP contribution in [0.3, 0.4) is 0 Å². The number of esters is 1. The maximum atomic E-state index is 12.0. The third kappa shape index (κ3) is 3.35. The van der Waals surface area contributed by atoms with E-state index in [2.05, 4.69) is 0 Å². The van der Waals surface area contributed by atoms with Crippen molar-refractivity contribution < 1.29 is 32.3 Å². The number of hydrogen-bond acceptors (Lipinski definition) is 6. The van der Waals surface area contributed by atoms with Crippen LogP contribution in [0.25, 0.3) is 0 Å². The Hall–Kier alpha value is -2.58. The number of phenols is 1. The van der Waals surface area contributed by atoms with Crippen molar-refractivity contribution in [3.8, 4) is 17.2 Å². The van der Waals surface area contributed by atoms with Crippen LogP contribution < -0.4 is 9.47 Å². The fraction of sp³-hybridized carbons (Fsp3) is 0.0714. The van der Waals surface area contributed by atoms with Gasteiger partial charge in [0.1, 0.15) is 27.7 Å². The molecule has 0 fully saturated rings. The number of para-hydroxylation sites is 1. The van der Waals surface area contributed by atoms with Gasteiger partial charge in [0, 0.05) is 6.07 Å². The number of hydrogen-bond donors (Lipinski definition) is 2. The van der Waals surface area contributed by atoms with Gasteiger partial charge in [0.25, 0.3) is 10.1 Å². The van der Waals surface area contributed by atoms with Crippen LogP contribution in [0.15, 0.2) is 47.4 Å². The highest BCUT2D eigenvalue weighted by molar-refractivity contribution is 7.86. The van der Waals surface area contributed by atoms with Gasteiger partial charge in [0.2, 0.25) is 0 Å². The average Bonchev–Trinajstić information content (AvgIpc) is 2.46. The van der Waals surface area contributed by atoms with Crippen LogP contribution in [-0.2, 0) is 10.1 Å². The lowest BCUT2D eigenvalue weighted by Crippen LogP contribution is -2.11. The van der Waals surface area contributed by atoms with Crippen LogP contribution in [0.1, 0.15) is 10.4 Å². The summed E-state index contributed by atoms with van der Waals surface area (Å²) in [6.45, 7) is 0. The zero-order valence-electron chi connectivity index (χ0n) is 11.4. The standard InChI is InChI=1S/C14H12O7S/c1-20-12-8-11(15)10(7-13(12)22(17,18)19)14(16)21-9-5-3-2-4-6-9/h2-8,15H,1H3,(H,17,18,19). The normalized spacial score (nSPS) is 11.0. The van der Waals surface area contributed by atoms with Gasteiger partial charge in [-0.1, -0.05) is 18.2 Å². The van der Waals surface area contributed by atoms with Gasteiger partial charge in [0.05, 0.1) is 7.11 Å². The number of ether oxygens (including phenoxy) is 2. The molecule has 8 heteroatoms. The van der Waals surface area contributed by atoms with E-state index in [1.54, 1.807) is 18.2 Å². The van der Waals surface area contributed by atoms with Crippen LogP contribution in [-0.4, -0.2) is 31.2 Å². The Balaban J connectivity index is 2.45. The van der Waals surface area contributed by atoms with Crippen LogP contribution in [0.2, 0.25) is 0 Å². The number of carbonyl (C=O) groups excluding carboxylic acids is 1. The van der Waals surface area contributed by atoms with Gasteiger partial charge in [-0.15, -0.1) is 0 Å². The molecule has 2 rings (SSSR count). The summed E-state index contributed by atoms with van der Waals surface area (Å²) in [6.07, 6.45) is 0. The minimum atomic E-state index is -4.64. The van der Waals surface area contributed by atoms with Gasteiger partial charge < -0.3 is 14.6 Å². The van der Waals surface area contributed by atoms with E-state index in [0.717, 1.165) is 19.2 Å². The number of benzene rings is 2. The van der Waals surface area contributed by atoms with Gasteiger partial charge in [-0.05, 0) is 18.2 Å². The minimum absolute atomic E-state index is 0.219. The highest BCUT2D eigenvalue weighted by Crippen LogP contribution is 2.32. The van der Waals surface area contributed by atoms with Gasteiger partial charge in [0.15, 0.2) is 0 Å². The summed E-state index contributed by atoms with van der Waals surface area (Å²) < 4.78 is 41.5. The molecule has 2 aromatic carbocycles. The third-order valence-corrected chi connectivity index (χ3v) is 3.61. The Kier molecular flexibility index (Phi) is 4.34. The van der Waals surface area contributed by atoms with E-state index in [4.69, 9.17) is 14.0 Å². The van der Waals surface area contributed by atoms with Crippen molar-refractivity contribution in [2.24, 2.45) is 0 Å². The molecule has 0 unspecified atom stereocenters. The van der Waals surface area contributed by atoms with E-state index in [9.17, 15) is 18.3 Å². The summed E-state index contributed by atoms with van der Waals surface area (Å²) in [5.74, 6) is -1.59. The number of aromatic hydroxyl groups is 1. The molecule has 0 amide bonds. The van der Waals surface area contributed by atoms with Crippen molar-refractivity contribution in [1.29, 1.82) is 0 Å². The van der Waals surface area contributed by atoms with E-state index in [-0.39, 0.29) is 11.5 Å². The molecule has 22 heavy (non-hydrogen) atoms. The van der Waals surface area contributed by atoms with Crippen LogP contribution in [0.5, 0.6) is 17.2 Å². The van der Waals surface area contributed by atoms with Gasteiger partial charge in [-0.2, -0.15) is 8.42 Å². The van der Waals surface area contributed by atoms with Crippen LogP contribution >= 0.6 is 0 Å². The molecule has 0 saturated heterocycles. The molecule has 116 valence electrons. The van der Waals surface area contributed by atoms with Crippen molar-refractivity contribution in [2.45, 2.75) is 4.90 Å². The highest BCUT2D eigenvalue weighted by Gasteiger charge is 2.23. The van der Waals surface area contributed by atoms with Crippen molar-refractivity contribution in [3.63, 3.8) is 0 Å². The van der Waals surface area contributed by atoms with Crippen molar-refractivity contribution in [3.05, 3.63) is 48.0 Å². The number of rotatable bonds is 4. The first-order valence-corrected chi connectivity index (χ1v) is 7.42. The van der Waals surface area contributed by atoms with Gasteiger partial charge in [-0.3, -0.25) is 4.55 Å². The smallest absolute Gasteiger partial charge is 0.347 e. The first-order valence-electron chi connectivity index (χ1n) is 5.98. The molecular weight excluding hydrogens is 312 g/mol. The van der Waals surface area contributed by atoms with Crippen molar-refractivity contribution >= 4 is 16.1 Å². The van der Waals surface area contributed by atoms with Gasteiger partial charge >= 0.3 is 5.97 Å². The van der Waals surface area contributed by atoms with Crippen LogP contribution in [0.4, 0.5) is 0 Å². The van der Waals surface area contributed by atoms with E-state index >= 15 is 0 Å². The lowest BCUT2D eigenvalue weighted by Gasteiger charge is -2.10. The Bertz CT molecular complexity index is 797. The highest BCUT2D eigenvalue weighted by atomic mass is 32.2. The third-order valence-electron chi connectivity index (χ3n) is 2.73. The van der Waals surface area contributed by atoms with Crippen molar-refractivity contribution in [2.75, 3.05) is 7.11 Å². The molecule has 0 bridgehead atoms. The second kappa shape index (κ2) is 6.04. The number of carbonyl (C=O) groups is 1. The van der Waals surface area contributed by atoms with E-state index < -0.39 is 32.3 Å². The summed E-state index contributed by atoms with van der Waals surface area (Å²) in [5, 5.41) is 9.80. The maximum absolute atomic E-state index is 12.0. The molecule has 0 aromatic heterocycles. The topological polar surface area (TPSA) is 110 Å². The number of phenolic OH excluding ortho intramolecular Hbond substituents is 1. The molecule has 0 heterocycles. The second-order valence-electron chi connectivity index (χ2n) is 4.20. The first-order chi connectivity index (χ1) is 10.3. The molecule has 7 nitrogen and oxygen atoms in total. The lowest BCUT2D eigenvalue weighted by molar-refractivity contribution is 0.0731. The molecule has 2 aromatic rings. The monoisotopic (exact) mass is 324 g/mol. The number of methoxy groups -OCH3 is 1. The predicted octanol–water partition coefficient (Wildman–Crippen LogP) is 1.87. The Morgan fingerprint density at radius 1 is 1.14 bits per heavy atom. The lowest BCUT2D eigenvalue weighted by atomic mass is 10.2. The van der Waals surface area contributed by atoms with E-state index in [1.165, 1.54) is 12.1 Å². The van der Waals surface area contributed by atoms with Gasteiger partial charge in [-0.25, -0.2) is 4.79 Å². The summed E-state index contributed by atoms with van der Waals surface area (Å²) in [5.41, 5.74) is -0.419. The minimum Gasteiger partial charge on any atom is -0.507 e. The van der Waals surface area contributed by atoms with E-state index in [0.29, 0.717) is 0 Å². The van der Waals surface area contributed by atoms with E-state index in [1.807, 2.05) is 0 Å². The van der Waals surface area contributed by atoms with Crippen LogP contribution in [0, 0.1) is 0 Å². The molecule has 0 radical (unpaired) electrons. The molecule has 0 atom stereocenters. The zero-order chi connectivity index (χ0) is 16.3. The maximum Gasteiger partial charge on any atom is 0.347 e. The molecular formula is C14H12O7S. The zero-order valence-corrected chi connectivity index (χ0v) is 12.2. The largest absolute Gasteiger partial charge is 0.507 e. The summed E-state index contributed by atoms with van der Waals surface area (Å²) in [7, 11) is -3.48. The predicted molar refractivity (Wildman–Crippen MR) is 75.9 cm³/mol. The molecule has 0 saturated carbocycles. The fourth-order valence-corrected chi connectivity index (χ4v) is 2.39.